The molecule has 0 N–H and O–H groups in total. The average Bonchev–Trinajstić information content (AvgIpc) is 1.86. The van der Waals surface area contributed by atoms with Gasteiger partial charge in [0.1, 0.15) is 0 Å². The van der Waals surface area contributed by atoms with Crippen LogP contribution in [0.1, 0.15) is 0 Å². The van der Waals surface area contributed by atoms with Crippen molar-refractivity contribution in [2.45, 2.75) is 0 Å². The van der Waals surface area contributed by atoms with Crippen LogP contribution in [0, 0.1) is 0 Å². The zero-order chi connectivity index (χ0) is 4.41. The van der Waals surface area contributed by atoms with Crippen molar-refractivity contribution in [3.63, 3.8) is 0 Å². The Labute approximate surface area is 36.7 Å². The maximum atomic E-state index is 5.06. The van der Waals surface area contributed by atoms with Crippen LogP contribution in [-0.2, 0) is 0 Å². The van der Waals surface area contributed by atoms with E-state index in [0.29, 0.717) is 5.71 Å². The Morgan fingerprint density at radius 2 is 1.83 bits per heavy atom. The van der Waals surface area contributed by atoms with Crippen LogP contribution in [0.5, 0.6) is 0 Å². The summed E-state index contributed by atoms with van der Waals surface area (Å²) in [7, 11) is 5.06. The first-order chi connectivity index (χ1) is 2.89. The fraction of sp³-hybridized carbons (Fsp3) is 0. The second-order valence-corrected chi connectivity index (χ2v) is 0.915. The molecule has 0 spiro atoms. The van der Waals surface area contributed by atoms with Crippen LogP contribution in [0.3, 0.4) is 0 Å². The SMILES string of the molecule is [B]=C1N=CC=N1. The molecule has 0 fully saturated rings. The van der Waals surface area contributed by atoms with Crippen molar-refractivity contribution in [3.05, 3.63) is 0 Å². The van der Waals surface area contributed by atoms with Crippen molar-refractivity contribution in [2.24, 2.45) is 9.98 Å². The average molecular weight is 76.9 g/mol. The van der Waals surface area contributed by atoms with Gasteiger partial charge >= 0.3 is 35.6 Å². The third-order valence-corrected chi connectivity index (χ3v) is 0.480. The quantitative estimate of drug-likeness (QED) is 0.345. The molecule has 3 heteroatoms. The van der Waals surface area contributed by atoms with Crippen LogP contribution >= 0.6 is 0 Å². The Morgan fingerprint density at radius 3 is 2.00 bits per heavy atom. The Morgan fingerprint density at radius 1 is 1.33 bits per heavy atom. The fourth-order valence-electron chi connectivity index (χ4n) is 0.253. The summed E-state index contributed by atoms with van der Waals surface area (Å²) in [5.74, 6) is 0. The van der Waals surface area contributed by atoms with Gasteiger partial charge in [0.15, 0.2) is 0 Å². The molecular formula is C3H2BN2. The molecule has 0 aromatic carbocycles. The van der Waals surface area contributed by atoms with E-state index in [1.54, 1.807) is 12.4 Å². The second-order valence-electron chi connectivity index (χ2n) is 0.915. The van der Waals surface area contributed by atoms with Crippen molar-refractivity contribution in [3.8, 4) is 0 Å². The molecule has 0 bridgehead atoms. The van der Waals surface area contributed by atoms with Crippen LogP contribution in [0.15, 0.2) is 9.98 Å². The predicted molar refractivity (Wildman–Crippen MR) is 27.7 cm³/mol. The molecule has 1 rings (SSSR count). The van der Waals surface area contributed by atoms with Gasteiger partial charge in [0.05, 0.1) is 0 Å². The van der Waals surface area contributed by atoms with Gasteiger partial charge < -0.3 is 0 Å². The molecule has 0 saturated heterocycles. The Bertz CT molecular complexity index is 111. The summed E-state index contributed by atoms with van der Waals surface area (Å²) in [6.45, 7) is 0. The summed E-state index contributed by atoms with van der Waals surface area (Å²) in [6.07, 6.45) is 3.10. The van der Waals surface area contributed by atoms with Crippen LogP contribution in [0.25, 0.3) is 0 Å². The van der Waals surface area contributed by atoms with E-state index in [4.69, 9.17) is 7.49 Å². The summed E-state index contributed by atoms with van der Waals surface area (Å²) in [4.78, 5) is 7.17. The molecule has 27 valence electrons. The zero-order valence-electron chi connectivity index (χ0n) is 3.13. The molecule has 0 amide bonds. The second kappa shape index (κ2) is 1.16. The summed E-state index contributed by atoms with van der Waals surface area (Å²) in [5.41, 5.74) is 0.343. The van der Waals surface area contributed by atoms with Gasteiger partial charge in [-0.25, -0.2) is 0 Å². The van der Waals surface area contributed by atoms with E-state index in [-0.39, 0.29) is 0 Å². The van der Waals surface area contributed by atoms with Gasteiger partial charge in [-0.1, -0.05) is 0 Å². The van der Waals surface area contributed by atoms with E-state index in [1.165, 1.54) is 0 Å². The molecule has 1 aliphatic rings. The molecule has 0 aromatic rings. The standard InChI is InChI=1S/C3H2BN2/c4-3-5-1-2-6-3/h1-2H. The number of hydrogen-bond donors (Lipinski definition) is 0. The monoisotopic (exact) mass is 77.0 g/mol. The first-order valence-corrected chi connectivity index (χ1v) is 1.59. The van der Waals surface area contributed by atoms with E-state index in [2.05, 4.69) is 9.98 Å². The summed E-state index contributed by atoms with van der Waals surface area (Å²) in [5, 5.41) is 0. The topological polar surface area (TPSA) is 24.7 Å². The molecule has 0 atom stereocenters. The first-order valence-electron chi connectivity index (χ1n) is 1.59. The molecule has 1 radical (unpaired) electrons. The van der Waals surface area contributed by atoms with Gasteiger partial charge in [0.25, 0.3) is 0 Å². The molecule has 0 unspecified atom stereocenters. The van der Waals surface area contributed by atoms with Crippen LogP contribution < -0.4 is 0 Å². The molecule has 1 aliphatic heterocycles. The number of aliphatic imine (C=N–C) groups is 2. The van der Waals surface area contributed by atoms with Gasteiger partial charge in [0.2, 0.25) is 0 Å². The molecule has 0 saturated carbocycles. The zero-order valence-corrected chi connectivity index (χ0v) is 3.13. The summed E-state index contributed by atoms with van der Waals surface area (Å²) >= 11 is 0. The van der Waals surface area contributed by atoms with Gasteiger partial charge in [-0.2, -0.15) is 0 Å². The van der Waals surface area contributed by atoms with Crippen molar-refractivity contribution >= 4 is 25.6 Å². The summed E-state index contributed by atoms with van der Waals surface area (Å²) in [6, 6.07) is 0. The maximum absolute atomic E-state index is 5.06. The predicted octanol–water partition coefficient (Wildman–Crippen LogP) is -0.603. The Hall–Kier alpha value is -0.725. The van der Waals surface area contributed by atoms with E-state index in [1.807, 2.05) is 0 Å². The number of hydrogen-bond acceptors (Lipinski definition) is 2. The minimum absolute atomic E-state index is 0.343. The van der Waals surface area contributed by atoms with Crippen LogP contribution in [0.4, 0.5) is 0 Å². The first kappa shape index (κ1) is 3.46. The molecular weight excluding hydrogens is 74.9 g/mol. The molecule has 0 aromatic heterocycles. The van der Waals surface area contributed by atoms with Gasteiger partial charge in [0, 0.05) is 0 Å². The van der Waals surface area contributed by atoms with Crippen molar-refractivity contribution in [1.82, 2.24) is 0 Å². The third kappa shape index (κ3) is 0.430. The number of rotatable bonds is 0. The van der Waals surface area contributed by atoms with Gasteiger partial charge in [-0.05, 0) is 0 Å². The van der Waals surface area contributed by atoms with E-state index in [9.17, 15) is 0 Å². The van der Waals surface area contributed by atoms with Crippen molar-refractivity contribution in [2.75, 3.05) is 0 Å². The summed E-state index contributed by atoms with van der Waals surface area (Å²) < 4.78 is 0. The van der Waals surface area contributed by atoms with E-state index >= 15 is 0 Å². The molecule has 0 aliphatic carbocycles. The van der Waals surface area contributed by atoms with E-state index in [0.717, 1.165) is 0 Å². The molecule has 6 heavy (non-hydrogen) atoms. The Kier molecular flexibility index (Phi) is 0.672. The fourth-order valence-corrected chi connectivity index (χ4v) is 0.253. The normalized spacial score (nSPS) is 16.8. The molecule has 2 nitrogen and oxygen atoms in total. The Balaban J connectivity index is 2.86. The minimum atomic E-state index is 0.343. The van der Waals surface area contributed by atoms with Crippen molar-refractivity contribution in [1.29, 1.82) is 0 Å². The van der Waals surface area contributed by atoms with Gasteiger partial charge in [-0.3, -0.25) is 0 Å². The van der Waals surface area contributed by atoms with Crippen molar-refractivity contribution < 1.29 is 0 Å². The third-order valence-electron chi connectivity index (χ3n) is 0.480. The molecule has 1 heterocycles. The van der Waals surface area contributed by atoms with Gasteiger partial charge in [-0.15, -0.1) is 0 Å². The van der Waals surface area contributed by atoms with Crippen LogP contribution in [-0.4, -0.2) is 25.6 Å². The van der Waals surface area contributed by atoms with Crippen LogP contribution in [0.2, 0.25) is 0 Å². The number of nitrogens with zero attached hydrogens (tertiary/aromatic N) is 2. The van der Waals surface area contributed by atoms with E-state index < -0.39 is 0 Å².